The van der Waals surface area contributed by atoms with Crippen molar-refractivity contribution in [3.63, 3.8) is 0 Å². The molecule has 144 valence electrons. The van der Waals surface area contributed by atoms with Crippen LogP contribution in [0.2, 0.25) is 0 Å². The minimum atomic E-state index is -0.0468. The molecule has 1 saturated heterocycles. The monoisotopic (exact) mass is 373 g/mol. The lowest BCUT2D eigenvalue weighted by Gasteiger charge is -2.14. The maximum absolute atomic E-state index is 12.2. The third kappa shape index (κ3) is 4.70. The number of nitrogens with one attached hydrogen (secondary N) is 2. The van der Waals surface area contributed by atoms with Crippen LogP contribution in [0.5, 0.6) is 0 Å². The molecule has 2 aromatic carbocycles. The third-order valence-corrected chi connectivity index (χ3v) is 5.44. The SMILES string of the molecule is O=c1[nH]cc(-c2ccccc2)cc1CNc1ccc(CCN2CCCC2)cc1. The third-order valence-electron chi connectivity index (χ3n) is 5.44. The zero-order valence-corrected chi connectivity index (χ0v) is 16.2. The van der Waals surface area contributed by atoms with Gasteiger partial charge in [0, 0.05) is 30.5 Å². The first-order chi connectivity index (χ1) is 13.8. The lowest BCUT2D eigenvalue weighted by Crippen LogP contribution is -2.21. The predicted molar refractivity (Wildman–Crippen MR) is 116 cm³/mol. The Morgan fingerprint density at radius 1 is 0.929 bits per heavy atom. The van der Waals surface area contributed by atoms with E-state index in [1.807, 2.05) is 36.4 Å². The van der Waals surface area contributed by atoms with E-state index >= 15 is 0 Å². The Morgan fingerprint density at radius 2 is 1.68 bits per heavy atom. The van der Waals surface area contributed by atoms with Gasteiger partial charge in [-0.15, -0.1) is 0 Å². The fraction of sp³-hybridized carbons (Fsp3) is 0.292. The van der Waals surface area contributed by atoms with Gasteiger partial charge in [0.2, 0.25) is 0 Å². The van der Waals surface area contributed by atoms with Crippen molar-refractivity contribution in [1.29, 1.82) is 0 Å². The summed E-state index contributed by atoms with van der Waals surface area (Å²) >= 11 is 0. The van der Waals surface area contributed by atoms with Gasteiger partial charge in [-0.2, -0.15) is 0 Å². The number of anilines is 1. The number of hydrogen-bond donors (Lipinski definition) is 2. The van der Waals surface area contributed by atoms with Gasteiger partial charge in [-0.1, -0.05) is 42.5 Å². The Hall–Kier alpha value is -2.85. The molecule has 1 aromatic heterocycles. The summed E-state index contributed by atoms with van der Waals surface area (Å²) in [4.78, 5) is 17.6. The Kier molecular flexibility index (Phi) is 5.88. The number of aromatic nitrogens is 1. The van der Waals surface area contributed by atoms with Crippen LogP contribution in [0.15, 0.2) is 71.7 Å². The average molecular weight is 374 g/mol. The van der Waals surface area contributed by atoms with E-state index in [0.29, 0.717) is 6.54 Å². The maximum Gasteiger partial charge on any atom is 0.252 e. The molecule has 4 rings (SSSR count). The van der Waals surface area contributed by atoms with E-state index in [4.69, 9.17) is 0 Å². The fourth-order valence-corrected chi connectivity index (χ4v) is 3.74. The van der Waals surface area contributed by atoms with Crippen molar-refractivity contribution >= 4 is 5.69 Å². The molecule has 0 spiro atoms. The van der Waals surface area contributed by atoms with Crippen LogP contribution in [0.3, 0.4) is 0 Å². The number of H-pyrrole nitrogens is 1. The number of hydrogen-bond acceptors (Lipinski definition) is 3. The summed E-state index contributed by atoms with van der Waals surface area (Å²) in [6, 6.07) is 20.6. The highest BCUT2D eigenvalue weighted by atomic mass is 16.1. The topological polar surface area (TPSA) is 48.1 Å². The summed E-state index contributed by atoms with van der Waals surface area (Å²) < 4.78 is 0. The van der Waals surface area contributed by atoms with Crippen LogP contribution in [0, 0.1) is 0 Å². The van der Waals surface area contributed by atoms with Gasteiger partial charge in [0.25, 0.3) is 5.56 Å². The summed E-state index contributed by atoms with van der Waals surface area (Å²) in [5.41, 5.74) is 5.21. The molecule has 28 heavy (non-hydrogen) atoms. The first kappa shape index (κ1) is 18.5. The second-order valence-corrected chi connectivity index (χ2v) is 7.46. The highest BCUT2D eigenvalue weighted by Crippen LogP contribution is 2.18. The Labute approximate surface area is 166 Å². The predicted octanol–water partition coefficient (Wildman–Crippen LogP) is 4.29. The molecule has 3 aromatic rings. The van der Waals surface area contributed by atoms with Crippen molar-refractivity contribution in [2.24, 2.45) is 0 Å². The van der Waals surface area contributed by atoms with Gasteiger partial charge in [0.1, 0.15) is 0 Å². The summed E-state index contributed by atoms with van der Waals surface area (Å²) in [6.07, 6.45) is 5.55. The minimum Gasteiger partial charge on any atom is -0.381 e. The molecule has 0 unspecified atom stereocenters. The van der Waals surface area contributed by atoms with Gasteiger partial charge in [-0.25, -0.2) is 0 Å². The summed E-state index contributed by atoms with van der Waals surface area (Å²) in [6.45, 7) is 4.14. The molecule has 1 fully saturated rings. The van der Waals surface area contributed by atoms with Crippen LogP contribution in [-0.2, 0) is 13.0 Å². The summed E-state index contributed by atoms with van der Waals surface area (Å²) in [5.74, 6) is 0. The van der Waals surface area contributed by atoms with Crippen LogP contribution in [0.4, 0.5) is 5.69 Å². The molecule has 4 nitrogen and oxygen atoms in total. The molecule has 1 aliphatic heterocycles. The van der Waals surface area contributed by atoms with E-state index in [1.54, 1.807) is 6.20 Å². The molecule has 0 amide bonds. The first-order valence-electron chi connectivity index (χ1n) is 10.1. The second kappa shape index (κ2) is 8.89. The summed E-state index contributed by atoms with van der Waals surface area (Å²) in [7, 11) is 0. The maximum atomic E-state index is 12.2. The van der Waals surface area contributed by atoms with Gasteiger partial charge in [-0.05, 0) is 67.2 Å². The van der Waals surface area contributed by atoms with E-state index in [1.165, 1.54) is 31.5 Å². The molecule has 1 aliphatic rings. The number of likely N-dealkylation sites (tertiary alicyclic amines) is 1. The van der Waals surface area contributed by atoms with E-state index in [-0.39, 0.29) is 5.56 Å². The van der Waals surface area contributed by atoms with E-state index in [9.17, 15) is 4.79 Å². The molecule has 2 N–H and O–H groups in total. The van der Waals surface area contributed by atoms with Gasteiger partial charge in [-0.3, -0.25) is 4.79 Å². The molecule has 0 atom stereocenters. The normalized spacial score (nSPS) is 14.3. The summed E-state index contributed by atoms with van der Waals surface area (Å²) in [5, 5.41) is 3.37. The van der Waals surface area contributed by atoms with Crippen molar-refractivity contribution in [3.05, 3.63) is 88.3 Å². The smallest absolute Gasteiger partial charge is 0.252 e. The Bertz CT molecular complexity index is 942. The number of pyridine rings is 1. The van der Waals surface area contributed by atoms with E-state index in [2.05, 4.69) is 39.5 Å². The van der Waals surface area contributed by atoms with Crippen molar-refractivity contribution in [2.75, 3.05) is 25.0 Å². The highest BCUT2D eigenvalue weighted by Gasteiger charge is 2.10. The zero-order valence-electron chi connectivity index (χ0n) is 16.2. The molecular formula is C24H27N3O. The fourth-order valence-electron chi connectivity index (χ4n) is 3.74. The second-order valence-electron chi connectivity index (χ2n) is 7.46. The van der Waals surface area contributed by atoms with Gasteiger partial charge < -0.3 is 15.2 Å². The highest BCUT2D eigenvalue weighted by molar-refractivity contribution is 5.63. The molecule has 4 heteroatoms. The zero-order chi connectivity index (χ0) is 19.2. The Morgan fingerprint density at radius 3 is 2.43 bits per heavy atom. The van der Waals surface area contributed by atoms with Crippen LogP contribution >= 0.6 is 0 Å². The van der Waals surface area contributed by atoms with E-state index in [0.717, 1.165) is 35.3 Å². The molecule has 0 radical (unpaired) electrons. The quantitative estimate of drug-likeness (QED) is 0.649. The molecule has 0 aliphatic carbocycles. The van der Waals surface area contributed by atoms with E-state index < -0.39 is 0 Å². The number of benzene rings is 2. The Balaban J connectivity index is 1.37. The van der Waals surface area contributed by atoms with Crippen molar-refractivity contribution in [1.82, 2.24) is 9.88 Å². The van der Waals surface area contributed by atoms with Crippen LogP contribution in [0.25, 0.3) is 11.1 Å². The lowest BCUT2D eigenvalue weighted by molar-refractivity contribution is 0.343. The lowest BCUT2D eigenvalue weighted by atomic mass is 10.1. The standard InChI is InChI=1S/C24H27N3O/c28-24-22(16-21(17-26-24)20-6-2-1-3-7-20)18-25-23-10-8-19(9-11-23)12-15-27-13-4-5-14-27/h1-3,6-11,16-17,25H,4-5,12-15,18H2,(H,26,28). The minimum absolute atomic E-state index is 0.0468. The first-order valence-corrected chi connectivity index (χ1v) is 10.1. The number of aromatic amines is 1. The van der Waals surface area contributed by atoms with Crippen molar-refractivity contribution in [3.8, 4) is 11.1 Å². The van der Waals surface area contributed by atoms with Gasteiger partial charge in [0.15, 0.2) is 0 Å². The molecule has 0 bridgehead atoms. The van der Waals surface area contributed by atoms with Gasteiger partial charge in [0.05, 0.1) is 0 Å². The van der Waals surface area contributed by atoms with Crippen LogP contribution in [0.1, 0.15) is 24.0 Å². The average Bonchev–Trinajstić information content (AvgIpc) is 3.27. The molecule has 0 saturated carbocycles. The largest absolute Gasteiger partial charge is 0.381 e. The number of rotatable bonds is 7. The molecular weight excluding hydrogens is 346 g/mol. The van der Waals surface area contributed by atoms with Crippen molar-refractivity contribution < 1.29 is 0 Å². The number of nitrogens with zero attached hydrogens (tertiary/aromatic N) is 1. The van der Waals surface area contributed by atoms with Crippen molar-refractivity contribution in [2.45, 2.75) is 25.8 Å². The molecule has 2 heterocycles. The van der Waals surface area contributed by atoms with Crippen LogP contribution < -0.4 is 10.9 Å². The van der Waals surface area contributed by atoms with Gasteiger partial charge >= 0.3 is 0 Å². The van der Waals surface area contributed by atoms with Crippen LogP contribution in [-0.4, -0.2) is 29.5 Å².